The molecule has 114 valence electrons. The van der Waals surface area contributed by atoms with Crippen LogP contribution >= 0.6 is 12.4 Å². The average Bonchev–Trinajstić information content (AvgIpc) is 2.81. The third kappa shape index (κ3) is 3.28. The number of halogens is 3. The number of hydrogen-bond acceptors (Lipinski definition) is 3. The van der Waals surface area contributed by atoms with E-state index in [9.17, 15) is 17.2 Å². The van der Waals surface area contributed by atoms with E-state index in [4.69, 9.17) is 5.73 Å². The van der Waals surface area contributed by atoms with E-state index in [1.165, 1.54) is 0 Å². The Morgan fingerprint density at radius 1 is 1.25 bits per heavy atom. The lowest BCUT2D eigenvalue weighted by Gasteiger charge is -2.28. The van der Waals surface area contributed by atoms with Crippen LogP contribution < -0.4 is 10.5 Å². The van der Waals surface area contributed by atoms with Crippen LogP contribution in [0.2, 0.25) is 0 Å². The number of benzene rings is 1. The molecule has 1 fully saturated rings. The Balaban J connectivity index is 0.00000200. The molecule has 0 aromatic heterocycles. The summed E-state index contributed by atoms with van der Waals surface area (Å²) in [6.45, 7) is 0.142. The van der Waals surface area contributed by atoms with Crippen LogP contribution in [0.15, 0.2) is 23.1 Å². The van der Waals surface area contributed by atoms with Gasteiger partial charge in [-0.2, -0.15) is 0 Å². The Morgan fingerprint density at radius 3 is 2.40 bits per heavy atom. The molecule has 0 saturated heterocycles. The van der Waals surface area contributed by atoms with Crippen LogP contribution in [0.1, 0.15) is 25.7 Å². The summed E-state index contributed by atoms with van der Waals surface area (Å²) in [6, 6.07) is 3.08. The van der Waals surface area contributed by atoms with Gasteiger partial charge in [-0.05, 0) is 25.0 Å². The zero-order valence-electron chi connectivity index (χ0n) is 10.7. The normalized spacial score (nSPS) is 17.8. The third-order valence-electron chi connectivity index (χ3n) is 3.51. The number of sulfonamides is 1. The monoisotopic (exact) mass is 326 g/mol. The number of rotatable bonds is 4. The first-order chi connectivity index (χ1) is 8.90. The van der Waals surface area contributed by atoms with E-state index in [0.717, 1.165) is 31.0 Å². The van der Waals surface area contributed by atoms with Crippen LogP contribution in [0.4, 0.5) is 8.78 Å². The van der Waals surface area contributed by atoms with Gasteiger partial charge in [0.05, 0.1) is 0 Å². The summed E-state index contributed by atoms with van der Waals surface area (Å²) in [7, 11) is -4.11. The highest BCUT2D eigenvalue weighted by molar-refractivity contribution is 7.89. The Morgan fingerprint density at radius 2 is 1.85 bits per heavy atom. The maximum Gasteiger partial charge on any atom is 0.244 e. The van der Waals surface area contributed by atoms with Gasteiger partial charge in [0.2, 0.25) is 10.0 Å². The minimum atomic E-state index is -4.11. The van der Waals surface area contributed by atoms with Gasteiger partial charge in [0.15, 0.2) is 11.6 Å². The van der Waals surface area contributed by atoms with Crippen molar-refractivity contribution in [2.24, 2.45) is 5.73 Å². The minimum Gasteiger partial charge on any atom is -0.329 e. The van der Waals surface area contributed by atoms with Crippen molar-refractivity contribution >= 4 is 22.4 Å². The van der Waals surface area contributed by atoms with E-state index in [2.05, 4.69) is 4.72 Å². The maximum atomic E-state index is 13.6. The largest absolute Gasteiger partial charge is 0.329 e. The summed E-state index contributed by atoms with van der Waals surface area (Å²) in [6.07, 6.45) is 2.95. The molecule has 1 aliphatic carbocycles. The molecule has 20 heavy (non-hydrogen) atoms. The Labute approximate surface area is 123 Å². The van der Waals surface area contributed by atoms with E-state index in [0.29, 0.717) is 12.8 Å². The third-order valence-corrected chi connectivity index (χ3v) is 5.10. The summed E-state index contributed by atoms with van der Waals surface area (Å²) < 4.78 is 53.4. The number of hydrogen-bond donors (Lipinski definition) is 2. The molecule has 0 heterocycles. The number of nitrogens with one attached hydrogen (secondary N) is 1. The fourth-order valence-corrected chi connectivity index (χ4v) is 3.99. The van der Waals surface area contributed by atoms with Gasteiger partial charge in [0, 0.05) is 12.1 Å². The van der Waals surface area contributed by atoms with E-state index < -0.39 is 32.1 Å². The second kappa shape index (κ2) is 6.34. The molecule has 3 N–H and O–H groups in total. The van der Waals surface area contributed by atoms with Crippen molar-refractivity contribution in [1.29, 1.82) is 0 Å². The van der Waals surface area contributed by atoms with E-state index in [-0.39, 0.29) is 19.0 Å². The first kappa shape index (κ1) is 17.3. The number of nitrogens with two attached hydrogens (primary N) is 1. The molecule has 1 aliphatic rings. The second-order valence-electron chi connectivity index (χ2n) is 4.85. The summed E-state index contributed by atoms with van der Waals surface area (Å²) >= 11 is 0. The molecule has 1 aromatic rings. The average molecular weight is 327 g/mol. The Kier molecular flexibility index (Phi) is 5.48. The molecule has 4 nitrogen and oxygen atoms in total. The van der Waals surface area contributed by atoms with E-state index in [1.54, 1.807) is 0 Å². The van der Waals surface area contributed by atoms with Crippen molar-refractivity contribution in [3.63, 3.8) is 0 Å². The molecule has 0 atom stereocenters. The first-order valence-corrected chi connectivity index (χ1v) is 7.57. The van der Waals surface area contributed by atoms with Crippen molar-refractivity contribution in [2.45, 2.75) is 36.1 Å². The lowest BCUT2D eigenvalue weighted by Crippen LogP contribution is -2.51. The Bertz CT molecular complexity index is 575. The summed E-state index contributed by atoms with van der Waals surface area (Å²) in [5.41, 5.74) is 4.89. The van der Waals surface area contributed by atoms with Gasteiger partial charge in [0.25, 0.3) is 0 Å². The predicted octanol–water partition coefficient (Wildman–Crippen LogP) is 1.94. The van der Waals surface area contributed by atoms with Crippen molar-refractivity contribution in [3.8, 4) is 0 Å². The van der Waals surface area contributed by atoms with Gasteiger partial charge in [0.1, 0.15) is 4.90 Å². The van der Waals surface area contributed by atoms with Crippen LogP contribution in [0.3, 0.4) is 0 Å². The molecule has 1 aromatic carbocycles. The van der Waals surface area contributed by atoms with Crippen LogP contribution in [-0.4, -0.2) is 20.5 Å². The molecule has 0 radical (unpaired) electrons. The van der Waals surface area contributed by atoms with Gasteiger partial charge in [-0.25, -0.2) is 21.9 Å². The highest BCUT2D eigenvalue weighted by Gasteiger charge is 2.37. The zero-order chi connectivity index (χ0) is 14.1. The van der Waals surface area contributed by atoms with Crippen molar-refractivity contribution in [3.05, 3.63) is 29.8 Å². The molecule has 8 heteroatoms. The minimum absolute atomic E-state index is 0. The molecule has 2 rings (SSSR count). The van der Waals surface area contributed by atoms with Gasteiger partial charge in [-0.3, -0.25) is 0 Å². The zero-order valence-corrected chi connectivity index (χ0v) is 12.4. The summed E-state index contributed by atoms with van der Waals surface area (Å²) in [4.78, 5) is -0.674. The van der Waals surface area contributed by atoms with Crippen molar-refractivity contribution in [1.82, 2.24) is 4.72 Å². The molecule has 0 unspecified atom stereocenters. The molecule has 1 saturated carbocycles. The Hall–Kier alpha value is -0.760. The maximum absolute atomic E-state index is 13.6. The van der Waals surface area contributed by atoms with Gasteiger partial charge in [-0.15, -0.1) is 12.4 Å². The van der Waals surface area contributed by atoms with Crippen LogP contribution in [0.5, 0.6) is 0 Å². The standard InChI is InChI=1S/C12H16F2N2O2S.ClH/c13-9-4-3-5-10(11(9)14)19(17,18)16-12(8-15)6-1-2-7-12;/h3-5,16H,1-2,6-8,15H2;1H. The highest BCUT2D eigenvalue weighted by atomic mass is 35.5. The van der Waals surface area contributed by atoms with Crippen molar-refractivity contribution in [2.75, 3.05) is 6.54 Å². The fourth-order valence-electron chi connectivity index (χ4n) is 2.43. The predicted molar refractivity (Wildman–Crippen MR) is 74.2 cm³/mol. The smallest absolute Gasteiger partial charge is 0.244 e. The SMILES string of the molecule is Cl.NCC1(NS(=O)(=O)c2cccc(F)c2F)CCCC1. The van der Waals surface area contributed by atoms with Crippen LogP contribution in [0.25, 0.3) is 0 Å². The van der Waals surface area contributed by atoms with Crippen LogP contribution in [0, 0.1) is 11.6 Å². The van der Waals surface area contributed by atoms with Crippen molar-refractivity contribution < 1.29 is 17.2 Å². The van der Waals surface area contributed by atoms with Gasteiger partial charge in [-0.1, -0.05) is 18.9 Å². The lowest BCUT2D eigenvalue weighted by atomic mass is 10.0. The van der Waals surface area contributed by atoms with Crippen LogP contribution in [-0.2, 0) is 10.0 Å². The topological polar surface area (TPSA) is 72.2 Å². The summed E-state index contributed by atoms with van der Waals surface area (Å²) in [5, 5.41) is 0. The summed E-state index contributed by atoms with van der Waals surface area (Å²) in [5.74, 6) is -2.55. The van der Waals surface area contributed by atoms with E-state index in [1.807, 2.05) is 0 Å². The quantitative estimate of drug-likeness (QED) is 0.888. The first-order valence-electron chi connectivity index (χ1n) is 6.08. The molecular weight excluding hydrogens is 310 g/mol. The van der Waals surface area contributed by atoms with E-state index >= 15 is 0 Å². The molecule has 0 bridgehead atoms. The molecular formula is C12H17ClF2N2O2S. The van der Waals surface area contributed by atoms with Gasteiger partial charge < -0.3 is 5.73 Å². The second-order valence-corrected chi connectivity index (χ2v) is 6.50. The molecule has 0 amide bonds. The highest BCUT2D eigenvalue weighted by Crippen LogP contribution is 2.30. The fraction of sp³-hybridized carbons (Fsp3) is 0.500. The van der Waals surface area contributed by atoms with Gasteiger partial charge >= 0.3 is 0 Å². The molecule has 0 spiro atoms. The molecule has 0 aliphatic heterocycles. The lowest BCUT2D eigenvalue weighted by molar-refractivity contribution is 0.397.